The second kappa shape index (κ2) is 5.84. The molecular formula is C18H20N2O5. The Labute approximate surface area is 145 Å². The fraction of sp³-hybridized carbons (Fsp3) is 0.500. The number of aryl methyl sites for hydroxylation is 1. The first-order chi connectivity index (χ1) is 12.0. The van der Waals surface area contributed by atoms with Crippen LogP contribution in [-0.2, 0) is 19.1 Å². The molecule has 7 heteroatoms. The number of rotatable bonds is 4. The summed E-state index contributed by atoms with van der Waals surface area (Å²) in [5, 5.41) is 0.862. The highest BCUT2D eigenvalue weighted by atomic mass is 16.5. The molecule has 1 N–H and O–H groups in total. The molecule has 0 spiro atoms. The van der Waals surface area contributed by atoms with Gasteiger partial charge >= 0.3 is 0 Å². The molecule has 3 fully saturated rings. The van der Waals surface area contributed by atoms with Crippen LogP contribution in [0.3, 0.4) is 0 Å². The number of nitrogens with zero attached hydrogens (tertiary/aromatic N) is 1. The van der Waals surface area contributed by atoms with E-state index in [2.05, 4.69) is 5.43 Å². The van der Waals surface area contributed by atoms with Crippen LogP contribution >= 0.6 is 0 Å². The van der Waals surface area contributed by atoms with Crippen LogP contribution in [-0.4, -0.2) is 41.0 Å². The van der Waals surface area contributed by atoms with Gasteiger partial charge < -0.3 is 9.47 Å². The molecule has 4 rings (SSSR count). The van der Waals surface area contributed by atoms with E-state index in [9.17, 15) is 14.4 Å². The van der Waals surface area contributed by atoms with Crippen LogP contribution in [0.2, 0.25) is 0 Å². The Morgan fingerprint density at radius 3 is 2.28 bits per heavy atom. The fourth-order valence-electron chi connectivity index (χ4n) is 3.90. The minimum atomic E-state index is -0.836. The van der Waals surface area contributed by atoms with Gasteiger partial charge in [-0.1, -0.05) is 17.7 Å². The first kappa shape index (κ1) is 16.1. The molecule has 1 aromatic rings. The largest absolute Gasteiger partial charge is 0.481 e. The number of amides is 3. The lowest BCUT2D eigenvalue weighted by Gasteiger charge is -2.21. The normalized spacial score (nSPS) is 31.2. The second-order valence-electron chi connectivity index (χ2n) is 6.90. The topological polar surface area (TPSA) is 84.9 Å². The molecule has 0 unspecified atom stereocenters. The Hall–Kier alpha value is -2.41. The smallest absolute Gasteiger partial charge is 0.279 e. The minimum absolute atomic E-state index is 0.199. The van der Waals surface area contributed by atoms with Gasteiger partial charge in [0.05, 0.1) is 24.0 Å². The number of carbonyl (C=O) groups is 3. The number of hydrazine groups is 1. The van der Waals surface area contributed by atoms with E-state index >= 15 is 0 Å². The van der Waals surface area contributed by atoms with E-state index in [0.717, 1.165) is 23.4 Å². The molecule has 3 aliphatic rings. The Morgan fingerprint density at radius 1 is 1.16 bits per heavy atom. The molecule has 132 valence electrons. The van der Waals surface area contributed by atoms with Gasteiger partial charge in [0.2, 0.25) is 0 Å². The zero-order valence-corrected chi connectivity index (χ0v) is 14.1. The zero-order valence-electron chi connectivity index (χ0n) is 14.1. The third kappa shape index (κ3) is 2.59. The quantitative estimate of drug-likeness (QED) is 0.822. The van der Waals surface area contributed by atoms with Gasteiger partial charge in [0.15, 0.2) is 6.10 Å². The van der Waals surface area contributed by atoms with Crippen molar-refractivity contribution in [3.63, 3.8) is 0 Å². The number of hydrogen-bond acceptors (Lipinski definition) is 5. The first-order valence-corrected chi connectivity index (χ1v) is 8.53. The third-order valence-electron chi connectivity index (χ3n) is 5.21. The van der Waals surface area contributed by atoms with Crippen LogP contribution < -0.4 is 10.2 Å². The van der Waals surface area contributed by atoms with Gasteiger partial charge in [0.1, 0.15) is 5.75 Å². The highest BCUT2D eigenvalue weighted by Gasteiger charge is 2.63. The maximum atomic E-state index is 12.5. The number of hydrogen-bond donors (Lipinski definition) is 1. The van der Waals surface area contributed by atoms with Crippen LogP contribution in [0.4, 0.5) is 0 Å². The van der Waals surface area contributed by atoms with Gasteiger partial charge in [-0.3, -0.25) is 19.8 Å². The molecule has 25 heavy (non-hydrogen) atoms. The molecule has 1 aromatic carbocycles. The number of carbonyl (C=O) groups excluding carboxylic acids is 3. The van der Waals surface area contributed by atoms with E-state index in [0.29, 0.717) is 5.75 Å². The van der Waals surface area contributed by atoms with Crippen molar-refractivity contribution >= 4 is 17.7 Å². The lowest BCUT2D eigenvalue weighted by atomic mass is 9.81. The molecule has 3 saturated heterocycles. The monoisotopic (exact) mass is 344 g/mol. The van der Waals surface area contributed by atoms with E-state index in [1.54, 1.807) is 19.1 Å². The summed E-state index contributed by atoms with van der Waals surface area (Å²) in [6.07, 6.45) is 0.347. The van der Waals surface area contributed by atoms with Crippen LogP contribution in [0.1, 0.15) is 25.3 Å². The molecule has 7 nitrogen and oxygen atoms in total. The molecule has 3 amide bonds. The highest BCUT2D eigenvalue weighted by molar-refractivity contribution is 6.07. The SMILES string of the molecule is Cc1ccc(O[C@@H](C)C(=O)NN2C(=O)[C@@H]3[C@H](C2=O)[C@H]2CC[C@H]3O2)cc1. The van der Waals surface area contributed by atoms with E-state index in [1.165, 1.54) is 0 Å². The summed E-state index contributed by atoms with van der Waals surface area (Å²) in [6.45, 7) is 3.53. The fourth-order valence-corrected chi connectivity index (χ4v) is 3.90. The van der Waals surface area contributed by atoms with Crippen LogP contribution in [0.15, 0.2) is 24.3 Å². The van der Waals surface area contributed by atoms with Crippen molar-refractivity contribution < 1.29 is 23.9 Å². The summed E-state index contributed by atoms with van der Waals surface area (Å²) in [5.74, 6) is -1.65. The molecule has 2 bridgehead atoms. The molecule has 5 atom stereocenters. The van der Waals surface area contributed by atoms with Gasteiger partial charge in [-0.2, -0.15) is 5.01 Å². The zero-order chi connectivity index (χ0) is 17.7. The van der Waals surface area contributed by atoms with Crippen LogP contribution in [0.5, 0.6) is 5.75 Å². The average molecular weight is 344 g/mol. The van der Waals surface area contributed by atoms with E-state index in [4.69, 9.17) is 9.47 Å². The van der Waals surface area contributed by atoms with Crippen molar-refractivity contribution in [3.05, 3.63) is 29.8 Å². The van der Waals surface area contributed by atoms with E-state index in [1.807, 2.05) is 19.1 Å². The maximum absolute atomic E-state index is 12.5. The van der Waals surface area contributed by atoms with Gasteiger partial charge in [-0.25, -0.2) is 0 Å². The molecule has 0 aromatic heterocycles. The summed E-state index contributed by atoms with van der Waals surface area (Å²) in [7, 11) is 0. The maximum Gasteiger partial charge on any atom is 0.279 e. The predicted molar refractivity (Wildman–Crippen MR) is 86.1 cm³/mol. The van der Waals surface area contributed by atoms with Crippen LogP contribution in [0, 0.1) is 18.8 Å². The number of ether oxygens (including phenoxy) is 2. The van der Waals surface area contributed by atoms with Gasteiger partial charge in [0, 0.05) is 0 Å². The van der Waals surface area contributed by atoms with Gasteiger partial charge in [0.25, 0.3) is 17.7 Å². The Kier molecular flexibility index (Phi) is 3.76. The van der Waals surface area contributed by atoms with Crippen molar-refractivity contribution in [1.82, 2.24) is 10.4 Å². The van der Waals surface area contributed by atoms with Gasteiger partial charge in [-0.15, -0.1) is 0 Å². The lowest BCUT2D eigenvalue weighted by Crippen LogP contribution is -2.51. The average Bonchev–Trinajstić information content (AvgIpc) is 3.26. The Bertz CT molecular complexity index is 703. The molecule has 0 radical (unpaired) electrons. The summed E-state index contributed by atoms with van der Waals surface area (Å²) < 4.78 is 11.2. The number of benzene rings is 1. The van der Waals surface area contributed by atoms with E-state index in [-0.39, 0.29) is 24.0 Å². The number of imide groups is 1. The summed E-state index contributed by atoms with van der Waals surface area (Å²) in [4.78, 5) is 37.4. The summed E-state index contributed by atoms with van der Waals surface area (Å²) in [5.41, 5.74) is 3.51. The second-order valence-corrected chi connectivity index (χ2v) is 6.90. The molecule has 3 aliphatic heterocycles. The van der Waals surface area contributed by atoms with Crippen molar-refractivity contribution in [2.75, 3.05) is 0 Å². The van der Waals surface area contributed by atoms with E-state index < -0.39 is 23.8 Å². The first-order valence-electron chi connectivity index (χ1n) is 8.53. The predicted octanol–water partition coefficient (Wildman–Crippen LogP) is 0.956. The van der Waals surface area contributed by atoms with Gasteiger partial charge in [-0.05, 0) is 38.8 Å². The molecule has 3 heterocycles. The summed E-state index contributed by atoms with van der Waals surface area (Å²) in [6, 6.07) is 7.30. The van der Waals surface area contributed by atoms with Crippen molar-refractivity contribution in [1.29, 1.82) is 0 Å². The Balaban J connectivity index is 1.41. The highest BCUT2D eigenvalue weighted by Crippen LogP contribution is 2.47. The molecule has 0 saturated carbocycles. The van der Waals surface area contributed by atoms with Crippen molar-refractivity contribution in [3.8, 4) is 5.75 Å². The summed E-state index contributed by atoms with van der Waals surface area (Å²) >= 11 is 0. The number of fused-ring (bicyclic) bond motifs is 5. The van der Waals surface area contributed by atoms with Crippen molar-refractivity contribution in [2.45, 2.75) is 45.0 Å². The van der Waals surface area contributed by atoms with Crippen molar-refractivity contribution in [2.24, 2.45) is 11.8 Å². The standard InChI is InChI=1S/C18H20N2O5/c1-9-3-5-11(6-4-9)24-10(2)16(21)19-20-17(22)14-12-7-8-13(25-12)15(14)18(20)23/h3-6,10,12-15H,7-8H2,1-2H3,(H,19,21)/t10-,12+,13+,14-,15+/m0/s1. The molecule has 0 aliphatic carbocycles. The third-order valence-corrected chi connectivity index (χ3v) is 5.21. The van der Waals surface area contributed by atoms with Crippen LogP contribution in [0.25, 0.3) is 0 Å². The lowest BCUT2D eigenvalue weighted by molar-refractivity contribution is -0.153. The minimum Gasteiger partial charge on any atom is -0.481 e. The molecular weight excluding hydrogens is 324 g/mol. The number of nitrogens with one attached hydrogen (secondary N) is 1. The Morgan fingerprint density at radius 2 is 1.72 bits per heavy atom.